The molecule has 0 bridgehead atoms. The van der Waals surface area contributed by atoms with E-state index >= 15 is 0 Å². The van der Waals surface area contributed by atoms with Crippen LogP contribution in [0.5, 0.6) is 0 Å². The van der Waals surface area contributed by atoms with Crippen molar-refractivity contribution in [3.63, 3.8) is 0 Å². The van der Waals surface area contributed by atoms with Gasteiger partial charge in [0.15, 0.2) is 0 Å². The van der Waals surface area contributed by atoms with Crippen molar-refractivity contribution in [2.24, 2.45) is 0 Å². The van der Waals surface area contributed by atoms with Gasteiger partial charge in [-0.2, -0.15) is 9.59 Å². The SMILES string of the molecule is C.C[C@@H]1c2ccccc2C(=O)O[C@H]1c1ccc(Cl)cc1.O=C=O. The summed E-state index contributed by atoms with van der Waals surface area (Å²) < 4.78 is 5.57. The second kappa shape index (κ2) is 8.28. The molecule has 23 heavy (non-hydrogen) atoms. The molecule has 0 saturated carbocycles. The van der Waals surface area contributed by atoms with E-state index in [1.54, 1.807) is 0 Å². The molecule has 0 N–H and O–H groups in total. The first-order valence-corrected chi connectivity index (χ1v) is 7.01. The summed E-state index contributed by atoms with van der Waals surface area (Å²) >= 11 is 5.89. The van der Waals surface area contributed by atoms with E-state index in [1.165, 1.54) is 0 Å². The molecule has 0 aliphatic carbocycles. The van der Waals surface area contributed by atoms with Gasteiger partial charge in [0.25, 0.3) is 0 Å². The van der Waals surface area contributed by atoms with E-state index in [2.05, 4.69) is 6.92 Å². The summed E-state index contributed by atoms with van der Waals surface area (Å²) in [7, 11) is 0. The molecular formula is C18H17ClO4. The van der Waals surface area contributed by atoms with Crippen molar-refractivity contribution < 1.29 is 19.1 Å². The average molecular weight is 333 g/mol. The summed E-state index contributed by atoms with van der Waals surface area (Å²) in [4.78, 5) is 28.3. The van der Waals surface area contributed by atoms with Gasteiger partial charge in [0.1, 0.15) is 6.10 Å². The number of hydrogen-bond donors (Lipinski definition) is 0. The Labute approximate surface area is 140 Å². The summed E-state index contributed by atoms with van der Waals surface area (Å²) in [5, 5.41) is 0.680. The minimum atomic E-state index is -0.256. The molecule has 0 saturated heterocycles. The van der Waals surface area contributed by atoms with Gasteiger partial charge in [-0.1, -0.05) is 56.3 Å². The molecule has 5 heteroatoms. The van der Waals surface area contributed by atoms with Gasteiger partial charge in [-0.3, -0.25) is 0 Å². The number of hydrogen-bond acceptors (Lipinski definition) is 4. The molecule has 0 fully saturated rings. The van der Waals surface area contributed by atoms with Gasteiger partial charge in [-0.25, -0.2) is 4.79 Å². The van der Waals surface area contributed by atoms with Gasteiger partial charge in [-0.15, -0.1) is 0 Å². The Morgan fingerprint density at radius 1 is 1.04 bits per heavy atom. The Kier molecular flexibility index (Phi) is 6.70. The number of rotatable bonds is 1. The second-order valence-corrected chi connectivity index (χ2v) is 5.27. The number of ether oxygens (including phenoxy) is 1. The predicted octanol–water partition coefficient (Wildman–Crippen LogP) is 4.41. The van der Waals surface area contributed by atoms with Crippen LogP contribution in [-0.4, -0.2) is 12.1 Å². The molecule has 2 aromatic rings. The van der Waals surface area contributed by atoms with Gasteiger partial charge < -0.3 is 4.74 Å². The van der Waals surface area contributed by atoms with Crippen LogP contribution in [0.3, 0.4) is 0 Å². The van der Waals surface area contributed by atoms with Crippen LogP contribution in [0.2, 0.25) is 5.02 Å². The predicted molar refractivity (Wildman–Crippen MR) is 86.2 cm³/mol. The molecule has 2 atom stereocenters. The highest BCUT2D eigenvalue weighted by Crippen LogP contribution is 2.40. The van der Waals surface area contributed by atoms with Crippen molar-refractivity contribution in [1.29, 1.82) is 0 Å². The van der Waals surface area contributed by atoms with Crippen molar-refractivity contribution >= 4 is 23.7 Å². The summed E-state index contributed by atoms with van der Waals surface area (Å²) in [5.41, 5.74) is 2.68. The highest BCUT2D eigenvalue weighted by atomic mass is 35.5. The molecule has 3 rings (SSSR count). The fourth-order valence-electron chi connectivity index (χ4n) is 2.53. The third kappa shape index (κ3) is 4.07. The summed E-state index contributed by atoms with van der Waals surface area (Å²) in [5.74, 6) is -0.122. The summed E-state index contributed by atoms with van der Waals surface area (Å²) in [6, 6.07) is 15.1. The zero-order valence-electron chi connectivity index (χ0n) is 11.8. The maximum absolute atomic E-state index is 12.0. The molecule has 120 valence electrons. The number of cyclic esters (lactones) is 1. The highest BCUT2D eigenvalue weighted by Gasteiger charge is 2.33. The first-order valence-electron chi connectivity index (χ1n) is 6.63. The zero-order chi connectivity index (χ0) is 16.1. The number of carbonyl (C=O) groups is 1. The summed E-state index contributed by atoms with van der Waals surface area (Å²) in [6.07, 6.45) is -0.000309. The molecule has 4 nitrogen and oxygen atoms in total. The fourth-order valence-corrected chi connectivity index (χ4v) is 2.66. The van der Waals surface area contributed by atoms with Crippen LogP contribution in [0.1, 0.15) is 47.9 Å². The van der Waals surface area contributed by atoms with Crippen molar-refractivity contribution in [2.75, 3.05) is 0 Å². The van der Waals surface area contributed by atoms with E-state index in [-0.39, 0.29) is 31.6 Å². The first kappa shape index (κ1) is 18.6. The monoisotopic (exact) mass is 332 g/mol. The lowest BCUT2D eigenvalue weighted by Crippen LogP contribution is -2.24. The molecule has 2 aromatic carbocycles. The minimum Gasteiger partial charge on any atom is -0.453 e. The van der Waals surface area contributed by atoms with E-state index in [1.807, 2.05) is 48.5 Å². The van der Waals surface area contributed by atoms with Crippen LogP contribution >= 0.6 is 11.6 Å². The Balaban J connectivity index is 0.000000615. The van der Waals surface area contributed by atoms with Crippen LogP contribution in [-0.2, 0) is 14.3 Å². The standard InChI is InChI=1S/C16H13ClO2.CO2.CH4/c1-10-13-4-2-3-5-14(13)16(18)19-15(10)11-6-8-12(17)9-7-11;2-1-3;/h2-10,15H,1H3;;1H4/t10-,15-;;/m1../s1. The number of fused-ring (bicyclic) bond motifs is 1. The Morgan fingerprint density at radius 3 is 2.22 bits per heavy atom. The van der Waals surface area contributed by atoms with E-state index in [4.69, 9.17) is 25.9 Å². The zero-order valence-corrected chi connectivity index (χ0v) is 12.5. The number of halogens is 1. The molecule has 1 aliphatic heterocycles. The molecule has 0 amide bonds. The smallest absolute Gasteiger partial charge is 0.373 e. The fraction of sp³-hybridized carbons (Fsp3) is 0.222. The first-order chi connectivity index (χ1) is 10.6. The largest absolute Gasteiger partial charge is 0.453 e. The lowest BCUT2D eigenvalue weighted by atomic mass is 9.85. The van der Waals surface area contributed by atoms with E-state index in [9.17, 15) is 4.79 Å². The summed E-state index contributed by atoms with van der Waals surface area (Å²) in [6.45, 7) is 2.07. The molecule has 0 radical (unpaired) electrons. The van der Waals surface area contributed by atoms with E-state index in [0.29, 0.717) is 10.6 Å². The van der Waals surface area contributed by atoms with Crippen molar-refractivity contribution in [2.45, 2.75) is 26.4 Å². The van der Waals surface area contributed by atoms with Gasteiger partial charge in [0, 0.05) is 10.9 Å². The Bertz CT molecular complexity index is 703. The maximum atomic E-state index is 12.0. The number of esters is 1. The molecule has 1 heterocycles. The van der Waals surface area contributed by atoms with Crippen LogP contribution in [0.25, 0.3) is 0 Å². The molecule has 1 aliphatic rings. The van der Waals surface area contributed by atoms with Crippen molar-refractivity contribution in [3.05, 3.63) is 70.2 Å². The molecule has 0 aromatic heterocycles. The minimum absolute atomic E-state index is 0. The number of carbonyl (C=O) groups excluding carboxylic acids is 3. The molecule has 0 spiro atoms. The lowest BCUT2D eigenvalue weighted by Gasteiger charge is -2.31. The topological polar surface area (TPSA) is 60.4 Å². The van der Waals surface area contributed by atoms with Gasteiger partial charge >= 0.3 is 12.1 Å². The highest BCUT2D eigenvalue weighted by molar-refractivity contribution is 6.30. The third-order valence-electron chi connectivity index (χ3n) is 3.56. The lowest BCUT2D eigenvalue weighted by molar-refractivity contribution is -0.191. The van der Waals surface area contributed by atoms with Crippen molar-refractivity contribution in [1.82, 2.24) is 0 Å². The third-order valence-corrected chi connectivity index (χ3v) is 3.81. The van der Waals surface area contributed by atoms with Crippen molar-refractivity contribution in [3.8, 4) is 0 Å². The molecular weight excluding hydrogens is 316 g/mol. The maximum Gasteiger partial charge on any atom is 0.373 e. The van der Waals surface area contributed by atoms with E-state index < -0.39 is 0 Å². The van der Waals surface area contributed by atoms with Gasteiger partial charge in [0.2, 0.25) is 0 Å². The van der Waals surface area contributed by atoms with Gasteiger partial charge in [0.05, 0.1) is 5.56 Å². The normalized spacial score (nSPS) is 18.3. The van der Waals surface area contributed by atoms with Crippen LogP contribution < -0.4 is 0 Å². The Hall–Kier alpha value is -2.42. The Morgan fingerprint density at radius 2 is 1.61 bits per heavy atom. The second-order valence-electron chi connectivity index (χ2n) is 4.84. The van der Waals surface area contributed by atoms with Crippen LogP contribution in [0.15, 0.2) is 48.5 Å². The van der Waals surface area contributed by atoms with Gasteiger partial charge in [-0.05, 0) is 29.3 Å². The van der Waals surface area contributed by atoms with E-state index in [0.717, 1.165) is 11.1 Å². The molecule has 0 unspecified atom stereocenters. The van der Waals surface area contributed by atoms with Crippen LogP contribution in [0, 0.1) is 0 Å². The average Bonchev–Trinajstić information content (AvgIpc) is 2.53. The quantitative estimate of drug-likeness (QED) is 0.726. The van der Waals surface area contributed by atoms with Crippen LogP contribution in [0.4, 0.5) is 0 Å². The number of benzene rings is 2.